The zero-order valence-corrected chi connectivity index (χ0v) is 14.5. The van der Waals surface area contributed by atoms with Gasteiger partial charge in [-0.05, 0) is 25.1 Å². The van der Waals surface area contributed by atoms with Crippen LogP contribution in [0.1, 0.15) is 6.42 Å². The first kappa shape index (κ1) is 17.9. The van der Waals surface area contributed by atoms with Crippen molar-refractivity contribution in [3.8, 4) is 0 Å². The molecular formula is C17H26N4O4. The van der Waals surface area contributed by atoms with E-state index in [1.165, 1.54) is 0 Å². The van der Waals surface area contributed by atoms with Gasteiger partial charge in [0.05, 0.1) is 31.4 Å². The summed E-state index contributed by atoms with van der Waals surface area (Å²) in [7, 11) is 0. The molecule has 0 unspecified atom stereocenters. The highest BCUT2D eigenvalue weighted by atomic mass is 16.6. The lowest BCUT2D eigenvalue weighted by atomic mass is 10.2. The van der Waals surface area contributed by atoms with E-state index >= 15 is 0 Å². The number of benzene rings is 1. The van der Waals surface area contributed by atoms with Gasteiger partial charge in [0.15, 0.2) is 0 Å². The molecule has 2 fully saturated rings. The lowest BCUT2D eigenvalue weighted by Gasteiger charge is -2.29. The summed E-state index contributed by atoms with van der Waals surface area (Å²) in [4.78, 5) is 15.4. The van der Waals surface area contributed by atoms with Gasteiger partial charge in [-0.15, -0.1) is 0 Å². The number of anilines is 2. The highest BCUT2D eigenvalue weighted by molar-refractivity contribution is 5.70. The number of hydrogen-bond donors (Lipinski definition) is 1. The molecule has 138 valence electrons. The van der Waals surface area contributed by atoms with Crippen LogP contribution in [-0.4, -0.2) is 75.5 Å². The van der Waals surface area contributed by atoms with Crippen LogP contribution < -0.4 is 10.2 Å². The molecule has 0 aliphatic carbocycles. The zero-order chi connectivity index (χ0) is 17.5. The van der Waals surface area contributed by atoms with Crippen LogP contribution in [0, 0.1) is 10.1 Å². The average Bonchev–Trinajstić information content (AvgIpc) is 2.66. The standard InChI is InChI=1S/C17H26N4O4/c22-21(23)16-3-2-15(14-17(16)20-8-12-25-13-9-20)18-4-1-5-19-6-10-24-11-7-19/h2-3,14,18H,1,4-13H2. The maximum Gasteiger partial charge on any atom is 0.292 e. The van der Waals surface area contributed by atoms with Gasteiger partial charge in [0.1, 0.15) is 5.69 Å². The Hall–Kier alpha value is -1.90. The van der Waals surface area contributed by atoms with E-state index in [2.05, 4.69) is 10.2 Å². The summed E-state index contributed by atoms with van der Waals surface area (Å²) >= 11 is 0. The van der Waals surface area contributed by atoms with Gasteiger partial charge in [-0.3, -0.25) is 15.0 Å². The van der Waals surface area contributed by atoms with Crippen molar-refractivity contribution in [2.45, 2.75) is 6.42 Å². The predicted octanol–water partition coefficient (Wildman–Crippen LogP) is 1.57. The third-order valence-electron chi connectivity index (χ3n) is 4.61. The number of nitrogens with zero attached hydrogens (tertiary/aromatic N) is 3. The number of rotatable bonds is 7. The van der Waals surface area contributed by atoms with E-state index in [-0.39, 0.29) is 10.6 Å². The molecule has 3 rings (SSSR count). The topological polar surface area (TPSA) is 80.1 Å². The fourth-order valence-electron chi connectivity index (χ4n) is 3.21. The maximum atomic E-state index is 11.3. The summed E-state index contributed by atoms with van der Waals surface area (Å²) in [6.07, 6.45) is 1.03. The van der Waals surface area contributed by atoms with Crippen molar-refractivity contribution >= 4 is 17.1 Å². The van der Waals surface area contributed by atoms with Gasteiger partial charge >= 0.3 is 0 Å². The normalized spacial score (nSPS) is 19.0. The van der Waals surface area contributed by atoms with Crippen molar-refractivity contribution in [2.24, 2.45) is 0 Å². The Morgan fingerprint density at radius 1 is 1.08 bits per heavy atom. The number of hydrogen-bond acceptors (Lipinski definition) is 7. The fourth-order valence-corrected chi connectivity index (χ4v) is 3.21. The second kappa shape index (κ2) is 8.98. The molecule has 2 heterocycles. The molecule has 2 aliphatic rings. The van der Waals surface area contributed by atoms with Crippen LogP contribution in [0.2, 0.25) is 0 Å². The number of morpholine rings is 2. The first-order valence-electron chi connectivity index (χ1n) is 8.89. The Balaban J connectivity index is 1.56. The Kier molecular flexibility index (Phi) is 6.43. The van der Waals surface area contributed by atoms with Crippen LogP contribution in [0.5, 0.6) is 0 Å². The van der Waals surface area contributed by atoms with Gasteiger partial charge in [0, 0.05) is 44.5 Å². The molecule has 0 radical (unpaired) electrons. The summed E-state index contributed by atoms with van der Waals surface area (Å²) in [6.45, 7) is 8.09. The third-order valence-corrected chi connectivity index (χ3v) is 4.61. The van der Waals surface area contributed by atoms with Crippen molar-refractivity contribution in [3.05, 3.63) is 28.3 Å². The van der Waals surface area contributed by atoms with Crippen LogP contribution in [0.3, 0.4) is 0 Å². The largest absolute Gasteiger partial charge is 0.385 e. The van der Waals surface area contributed by atoms with Gasteiger partial charge in [-0.2, -0.15) is 0 Å². The minimum absolute atomic E-state index is 0.153. The molecule has 0 bridgehead atoms. The average molecular weight is 350 g/mol. The van der Waals surface area contributed by atoms with E-state index in [4.69, 9.17) is 9.47 Å². The molecule has 25 heavy (non-hydrogen) atoms. The van der Waals surface area contributed by atoms with E-state index in [9.17, 15) is 10.1 Å². The number of nitro groups is 1. The van der Waals surface area contributed by atoms with Crippen molar-refractivity contribution < 1.29 is 14.4 Å². The molecule has 0 atom stereocenters. The molecule has 2 aliphatic heterocycles. The molecule has 8 nitrogen and oxygen atoms in total. The number of nitro benzene ring substituents is 1. The Morgan fingerprint density at radius 2 is 1.76 bits per heavy atom. The van der Waals surface area contributed by atoms with Crippen LogP contribution in [0.15, 0.2) is 18.2 Å². The highest BCUT2D eigenvalue weighted by Crippen LogP contribution is 2.31. The quantitative estimate of drug-likeness (QED) is 0.454. The van der Waals surface area contributed by atoms with Crippen LogP contribution in [0.4, 0.5) is 17.1 Å². The van der Waals surface area contributed by atoms with Crippen molar-refractivity contribution in [3.63, 3.8) is 0 Å². The monoisotopic (exact) mass is 350 g/mol. The Morgan fingerprint density at radius 3 is 2.44 bits per heavy atom. The lowest BCUT2D eigenvalue weighted by molar-refractivity contribution is -0.384. The van der Waals surface area contributed by atoms with Crippen molar-refractivity contribution in [1.82, 2.24) is 4.90 Å². The summed E-state index contributed by atoms with van der Waals surface area (Å²) in [5, 5.41) is 14.7. The second-order valence-electron chi connectivity index (χ2n) is 6.29. The predicted molar refractivity (Wildman–Crippen MR) is 96.5 cm³/mol. The molecule has 1 N–H and O–H groups in total. The zero-order valence-electron chi connectivity index (χ0n) is 14.5. The fraction of sp³-hybridized carbons (Fsp3) is 0.647. The van der Waals surface area contributed by atoms with Gasteiger partial charge in [-0.25, -0.2) is 0 Å². The second-order valence-corrected chi connectivity index (χ2v) is 6.29. The highest BCUT2D eigenvalue weighted by Gasteiger charge is 2.21. The van der Waals surface area contributed by atoms with E-state index in [0.717, 1.165) is 51.5 Å². The molecule has 1 aromatic carbocycles. The van der Waals surface area contributed by atoms with E-state index < -0.39 is 0 Å². The van der Waals surface area contributed by atoms with Crippen LogP contribution >= 0.6 is 0 Å². The van der Waals surface area contributed by atoms with Crippen molar-refractivity contribution in [1.29, 1.82) is 0 Å². The van der Waals surface area contributed by atoms with Gasteiger partial charge in [0.25, 0.3) is 5.69 Å². The molecule has 1 aromatic rings. The molecule has 0 amide bonds. The molecule has 2 saturated heterocycles. The minimum atomic E-state index is -0.312. The smallest absolute Gasteiger partial charge is 0.292 e. The maximum absolute atomic E-state index is 11.3. The summed E-state index contributed by atoms with van der Waals surface area (Å²) in [6, 6.07) is 5.27. The lowest BCUT2D eigenvalue weighted by Crippen LogP contribution is -2.37. The SMILES string of the molecule is O=[N+]([O-])c1ccc(NCCCN2CCOCC2)cc1N1CCOCC1. The molecular weight excluding hydrogens is 324 g/mol. The number of ether oxygens (including phenoxy) is 2. The van der Waals surface area contributed by atoms with Crippen LogP contribution in [0.25, 0.3) is 0 Å². The summed E-state index contributed by atoms with van der Waals surface area (Å²) in [5.74, 6) is 0. The van der Waals surface area contributed by atoms with Gasteiger partial charge in [0.2, 0.25) is 0 Å². The first-order chi connectivity index (χ1) is 12.2. The van der Waals surface area contributed by atoms with E-state index in [1.807, 2.05) is 11.0 Å². The Labute approximate surface area is 147 Å². The molecule has 0 aromatic heterocycles. The summed E-state index contributed by atoms with van der Waals surface area (Å²) in [5.41, 5.74) is 1.75. The van der Waals surface area contributed by atoms with Gasteiger partial charge in [-0.1, -0.05) is 0 Å². The third kappa shape index (κ3) is 5.04. The molecule has 8 heteroatoms. The van der Waals surface area contributed by atoms with Crippen molar-refractivity contribution in [2.75, 3.05) is 75.9 Å². The van der Waals surface area contributed by atoms with E-state index in [1.54, 1.807) is 12.1 Å². The molecule has 0 spiro atoms. The van der Waals surface area contributed by atoms with Gasteiger partial charge < -0.3 is 19.7 Å². The number of nitrogens with one attached hydrogen (secondary N) is 1. The van der Waals surface area contributed by atoms with Crippen LogP contribution in [-0.2, 0) is 9.47 Å². The Bertz CT molecular complexity index is 572. The van der Waals surface area contributed by atoms with E-state index in [0.29, 0.717) is 32.0 Å². The molecule has 0 saturated carbocycles. The first-order valence-corrected chi connectivity index (χ1v) is 8.89. The summed E-state index contributed by atoms with van der Waals surface area (Å²) < 4.78 is 10.7. The minimum Gasteiger partial charge on any atom is -0.385 e.